The Balaban J connectivity index is 1.81. The maximum absolute atomic E-state index is 14.0. The van der Waals surface area contributed by atoms with Crippen LogP contribution in [-0.2, 0) is 19.6 Å². The third-order valence-electron chi connectivity index (χ3n) is 3.56. The van der Waals surface area contributed by atoms with Crippen molar-refractivity contribution in [3.63, 3.8) is 0 Å². The van der Waals surface area contributed by atoms with Crippen LogP contribution in [0.4, 0.5) is 10.1 Å². The molecular formula is C15H13FN2O2. The summed E-state index contributed by atoms with van der Waals surface area (Å²) in [6.07, 6.45) is 0. The van der Waals surface area contributed by atoms with E-state index in [1.54, 1.807) is 6.07 Å². The first-order valence-electron chi connectivity index (χ1n) is 6.36. The standard InChI is InChI=1S/C15H13FN2O2/c16-15-13(6-3-7-14(15)18(19)20)10-17-8-11-4-1-2-5-12(11)9-17/h1-7H,8-10H2. The number of halogens is 1. The van der Waals surface area contributed by atoms with Gasteiger partial charge in [0.25, 0.3) is 0 Å². The van der Waals surface area contributed by atoms with Crippen LogP contribution >= 0.6 is 0 Å². The molecule has 1 aliphatic rings. The maximum Gasteiger partial charge on any atom is 0.305 e. The highest BCUT2D eigenvalue weighted by Gasteiger charge is 2.22. The summed E-state index contributed by atoms with van der Waals surface area (Å²) >= 11 is 0. The Bertz CT molecular complexity index is 648. The van der Waals surface area contributed by atoms with Gasteiger partial charge in [-0.1, -0.05) is 36.4 Å². The Morgan fingerprint density at radius 2 is 1.75 bits per heavy atom. The minimum absolute atomic E-state index is 0.368. The van der Waals surface area contributed by atoms with Crippen LogP contribution in [0.15, 0.2) is 42.5 Å². The quantitative estimate of drug-likeness (QED) is 0.636. The SMILES string of the molecule is O=[N+]([O-])c1cccc(CN2Cc3ccccc3C2)c1F. The van der Waals surface area contributed by atoms with Gasteiger partial charge in [0.1, 0.15) is 0 Å². The van der Waals surface area contributed by atoms with Crippen LogP contribution in [0.2, 0.25) is 0 Å². The second-order valence-electron chi connectivity index (χ2n) is 4.92. The predicted molar refractivity (Wildman–Crippen MR) is 72.4 cm³/mol. The van der Waals surface area contributed by atoms with Gasteiger partial charge in [-0.15, -0.1) is 0 Å². The van der Waals surface area contributed by atoms with Crippen molar-refractivity contribution >= 4 is 5.69 Å². The molecule has 0 bridgehead atoms. The first-order chi connectivity index (χ1) is 9.65. The summed E-state index contributed by atoms with van der Waals surface area (Å²) in [5.41, 5.74) is 2.38. The van der Waals surface area contributed by atoms with Crippen LogP contribution < -0.4 is 0 Å². The summed E-state index contributed by atoms with van der Waals surface area (Å²) in [6, 6.07) is 12.4. The summed E-state index contributed by atoms with van der Waals surface area (Å²) in [5.74, 6) is -0.728. The minimum Gasteiger partial charge on any atom is -0.290 e. The van der Waals surface area contributed by atoms with Gasteiger partial charge in [-0.25, -0.2) is 0 Å². The van der Waals surface area contributed by atoms with Crippen molar-refractivity contribution in [2.75, 3.05) is 0 Å². The molecule has 0 aromatic heterocycles. The molecule has 0 amide bonds. The lowest BCUT2D eigenvalue weighted by molar-refractivity contribution is -0.387. The van der Waals surface area contributed by atoms with Gasteiger partial charge in [-0.3, -0.25) is 15.0 Å². The number of nitro benzene ring substituents is 1. The van der Waals surface area contributed by atoms with Gasteiger partial charge in [0.05, 0.1) is 4.92 Å². The van der Waals surface area contributed by atoms with Crippen LogP contribution in [0.1, 0.15) is 16.7 Å². The molecule has 0 atom stereocenters. The van der Waals surface area contributed by atoms with Crippen molar-refractivity contribution in [3.8, 4) is 0 Å². The molecule has 5 heteroatoms. The molecule has 4 nitrogen and oxygen atoms in total. The fourth-order valence-electron chi connectivity index (χ4n) is 2.59. The topological polar surface area (TPSA) is 46.4 Å². The molecule has 0 fully saturated rings. The third kappa shape index (κ3) is 2.28. The highest BCUT2D eigenvalue weighted by molar-refractivity contribution is 5.37. The summed E-state index contributed by atoms with van der Waals surface area (Å²) in [5, 5.41) is 10.7. The zero-order valence-corrected chi connectivity index (χ0v) is 10.8. The van der Waals surface area contributed by atoms with Crippen molar-refractivity contribution < 1.29 is 9.31 Å². The monoisotopic (exact) mass is 272 g/mol. The molecule has 102 valence electrons. The molecule has 3 rings (SSSR count). The maximum atomic E-state index is 14.0. The van der Waals surface area contributed by atoms with Gasteiger partial charge in [0.15, 0.2) is 0 Å². The Morgan fingerprint density at radius 3 is 2.35 bits per heavy atom. The molecule has 0 spiro atoms. The molecule has 20 heavy (non-hydrogen) atoms. The van der Waals surface area contributed by atoms with E-state index in [-0.39, 0.29) is 0 Å². The van der Waals surface area contributed by atoms with Crippen LogP contribution in [0.5, 0.6) is 0 Å². The number of nitro groups is 1. The Kier molecular flexibility index (Phi) is 3.20. The lowest BCUT2D eigenvalue weighted by Gasteiger charge is -2.15. The van der Waals surface area contributed by atoms with Gasteiger partial charge in [0, 0.05) is 31.3 Å². The van der Waals surface area contributed by atoms with Crippen LogP contribution in [-0.4, -0.2) is 9.82 Å². The molecule has 1 aliphatic heterocycles. The molecule has 2 aromatic rings. The Hall–Kier alpha value is -2.27. The lowest BCUT2D eigenvalue weighted by Crippen LogP contribution is -2.16. The van der Waals surface area contributed by atoms with Crippen molar-refractivity contribution in [1.29, 1.82) is 0 Å². The van der Waals surface area contributed by atoms with E-state index < -0.39 is 16.4 Å². The second kappa shape index (κ2) is 5.02. The van der Waals surface area contributed by atoms with Gasteiger partial charge in [-0.05, 0) is 11.1 Å². The minimum atomic E-state index is -0.728. The fourth-order valence-corrected chi connectivity index (χ4v) is 2.59. The summed E-state index contributed by atoms with van der Waals surface area (Å²) < 4.78 is 14.0. The summed E-state index contributed by atoms with van der Waals surface area (Å²) in [4.78, 5) is 12.1. The van der Waals surface area contributed by atoms with E-state index in [9.17, 15) is 14.5 Å². The highest BCUT2D eigenvalue weighted by atomic mass is 19.1. The molecule has 0 unspecified atom stereocenters. The van der Waals surface area contributed by atoms with Crippen molar-refractivity contribution in [3.05, 3.63) is 75.1 Å². The normalized spacial score (nSPS) is 14.2. The lowest BCUT2D eigenvalue weighted by atomic mass is 10.1. The van der Waals surface area contributed by atoms with E-state index in [0.29, 0.717) is 12.1 Å². The highest BCUT2D eigenvalue weighted by Crippen LogP contribution is 2.26. The molecule has 0 radical (unpaired) electrons. The van der Waals surface area contributed by atoms with Crippen molar-refractivity contribution in [2.24, 2.45) is 0 Å². The first-order valence-corrected chi connectivity index (χ1v) is 6.36. The van der Waals surface area contributed by atoms with E-state index >= 15 is 0 Å². The molecule has 0 saturated heterocycles. The number of nitrogens with zero attached hydrogens (tertiary/aromatic N) is 2. The van der Waals surface area contributed by atoms with Gasteiger partial charge < -0.3 is 0 Å². The molecular weight excluding hydrogens is 259 g/mol. The number of hydrogen-bond donors (Lipinski definition) is 0. The molecule has 0 N–H and O–H groups in total. The Labute approximate surface area is 115 Å². The van der Waals surface area contributed by atoms with E-state index in [1.165, 1.54) is 23.3 Å². The van der Waals surface area contributed by atoms with E-state index in [0.717, 1.165) is 13.1 Å². The zero-order valence-electron chi connectivity index (χ0n) is 10.8. The van der Waals surface area contributed by atoms with Gasteiger partial charge in [0.2, 0.25) is 5.82 Å². The number of rotatable bonds is 3. The van der Waals surface area contributed by atoms with Crippen molar-refractivity contribution in [2.45, 2.75) is 19.6 Å². The van der Waals surface area contributed by atoms with Gasteiger partial charge >= 0.3 is 5.69 Å². The predicted octanol–water partition coefficient (Wildman–Crippen LogP) is 3.25. The van der Waals surface area contributed by atoms with E-state index in [2.05, 4.69) is 17.0 Å². The average Bonchev–Trinajstić information content (AvgIpc) is 2.83. The summed E-state index contributed by atoms with van der Waals surface area (Å²) in [6.45, 7) is 1.87. The van der Waals surface area contributed by atoms with Crippen LogP contribution in [0.3, 0.4) is 0 Å². The average molecular weight is 272 g/mol. The fraction of sp³-hybridized carbons (Fsp3) is 0.200. The van der Waals surface area contributed by atoms with E-state index in [4.69, 9.17) is 0 Å². The first kappa shape index (κ1) is 12.7. The van der Waals surface area contributed by atoms with Crippen LogP contribution in [0, 0.1) is 15.9 Å². The molecule has 1 heterocycles. The molecule has 0 aliphatic carbocycles. The van der Waals surface area contributed by atoms with Gasteiger partial charge in [-0.2, -0.15) is 4.39 Å². The number of fused-ring (bicyclic) bond motifs is 1. The zero-order chi connectivity index (χ0) is 14.1. The smallest absolute Gasteiger partial charge is 0.290 e. The number of hydrogen-bond acceptors (Lipinski definition) is 3. The summed E-state index contributed by atoms with van der Waals surface area (Å²) in [7, 11) is 0. The number of benzene rings is 2. The largest absolute Gasteiger partial charge is 0.305 e. The van der Waals surface area contributed by atoms with Crippen LogP contribution in [0.25, 0.3) is 0 Å². The van der Waals surface area contributed by atoms with E-state index in [1.807, 2.05) is 12.1 Å². The molecule has 0 saturated carbocycles. The Morgan fingerprint density at radius 1 is 1.10 bits per heavy atom. The third-order valence-corrected chi connectivity index (χ3v) is 3.56. The second-order valence-corrected chi connectivity index (χ2v) is 4.92. The molecule has 2 aromatic carbocycles. The van der Waals surface area contributed by atoms with Crippen molar-refractivity contribution in [1.82, 2.24) is 4.90 Å².